The number of hydrogen-bond acceptors (Lipinski definition) is 4. The Labute approximate surface area is 102 Å². The summed E-state index contributed by atoms with van der Waals surface area (Å²) in [6.45, 7) is 3.76. The van der Waals surface area contributed by atoms with Crippen molar-refractivity contribution in [2.75, 3.05) is 38.3 Å². The van der Waals surface area contributed by atoms with Crippen molar-refractivity contribution in [1.82, 2.24) is 0 Å². The zero-order valence-corrected chi connectivity index (χ0v) is 10.3. The van der Waals surface area contributed by atoms with Crippen LogP contribution in [0.5, 0.6) is 0 Å². The second kappa shape index (κ2) is 6.89. The van der Waals surface area contributed by atoms with E-state index in [1.165, 1.54) is 0 Å². The molecule has 1 rings (SSSR count). The number of ether oxygens (including phenoxy) is 1. The molecule has 0 bridgehead atoms. The molecule has 0 fully saturated rings. The average molecular weight is 234 g/mol. The lowest BCUT2D eigenvalue weighted by atomic mass is 10.1. The molecular formula is C13H18N2O2. The fraction of sp³-hybridized carbons (Fsp3) is 0.462. The van der Waals surface area contributed by atoms with Gasteiger partial charge in [0, 0.05) is 20.2 Å². The third-order valence-corrected chi connectivity index (χ3v) is 2.61. The smallest absolute Gasteiger partial charge is 0.101 e. The third-order valence-electron chi connectivity index (χ3n) is 2.61. The topological polar surface area (TPSA) is 56.5 Å². The minimum absolute atomic E-state index is 0.0584. The molecule has 0 aliphatic rings. The molecule has 0 saturated carbocycles. The third kappa shape index (κ3) is 3.45. The van der Waals surface area contributed by atoms with Crippen LogP contribution in [0.1, 0.15) is 11.1 Å². The van der Waals surface area contributed by atoms with Gasteiger partial charge in [0.1, 0.15) is 6.07 Å². The number of rotatable bonds is 6. The van der Waals surface area contributed by atoms with Gasteiger partial charge in [-0.25, -0.2) is 0 Å². The van der Waals surface area contributed by atoms with Crippen molar-refractivity contribution in [1.29, 1.82) is 5.26 Å². The maximum Gasteiger partial charge on any atom is 0.101 e. The summed E-state index contributed by atoms with van der Waals surface area (Å²) < 4.78 is 5.05. The predicted octanol–water partition coefficient (Wildman–Crippen LogP) is 1.31. The number of methoxy groups -OCH3 is 1. The standard InChI is InChI=1S/C13H18N2O2/c1-11-4-3-5-12(10-14)13(11)15(6-8-16)7-9-17-2/h3-5,16H,6-9H2,1-2H3. The highest BCUT2D eigenvalue weighted by Gasteiger charge is 2.13. The highest BCUT2D eigenvalue weighted by Crippen LogP contribution is 2.24. The number of nitrogens with zero attached hydrogens (tertiary/aromatic N) is 2. The van der Waals surface area contributed by atoms with Crippen molar-refractivity contribution in [3.05, 3.63) is 29.3 Å². The summed E-state index contributed by atoms with van der Waals surface area (Å²) in [5.74, 6) is 0. The molecule has 0 atom stereocenters. The van der Waals surface area contributed by atoms with Crippen molar-refractivity contribution >= 4 is 5.69 Å². The molecule has 1 aromatic rings. The Morgan fingerprint density at radius 3 is 2.76 bits per heavy atom. The summed E-state index contributed by atoms with van der Waals surface area (Å²) in [6.07, 6.45) is 0. The quantitative estimate of drug-likeness (QED) is 0.806. The number of benzene rings is 1. The van der Waals surface area contributed by atoms with Crippen LogP contribution in [0.4, 0.5) is 5.69 Å². The summed E-state index contributed by atoms with van der Waals surface area (Å²) in [5.41, 5.74) is 2.56. The molecule has 0 aromatic heterocycles. The van der Waals surface area contributed by atoms with E-state index in [0.29, 0.717) is 25.3 Å². The fourth-order valence-electron chi connectivity index (χ4n) is 1.83. The van der Waals surface area contributed by atoms with Crippen molar-refractivity contribution in [2.45, 2.75) is 6.92 Å². The molecule has 0 spiro atoms. The second-order valence-electron chi connectivity index (χ2n) is 3.79. The highest BCUT2D eigenvalue weighted by atomic mass is 16.5. The monoisotopic (exact) mass is 234 g/mol. The van der Waals surface area contributed by atoms with Crippen LogP contribution in [0.15, 0.2) is 18.2 Å². The van der Waals surface area contributed by atoms with Gasteiger partial charge in [-0.1, -0.05) is 12.1 Å². The van der Waals surface area contributed by atoms with Crippen LogP contribution in [0, 0.1) is 18.3 Å². The summed E-state index contributed by atoms with van der Waals surface area (Å²) in [6, 6.07) is 7.81. The Balaban J connectivity index is 3.04. The first kappa shape index (κ1) is 13.5. The Morgan fingerprint density at radius 1 is 1.41 bits per heavy atom. The molecular weight excluding hydrogens is 216 g/mol. The minimum Gasteiger partial charge on any atom is -0.395 e. The first-order valence-electron chi connectivity index (χ1n) is 5.59. The van der Waals surface area contributed by atoms with Gasteiger partial charge in [0.25, 0.3) is 0 Å². The van der Waals surface area contributed by atoms with Gasteiger partial charge in [-0.15, -0.1) is 0 Å². The van der Waals surface area contributed by atoms with E-state index in [1.807, 2.05) is 24.0 Å². The number of nitriles is 1. The van der Waals surface area contributed by atoms with Crippen molar-refractivity contribution in [3.8, 4) is 6.07 Å². The van der Waals surface area contributed by atoms with E-state index in [9.17, 15) is 0 Å². The highest BCUT2D eigenvalue weighted by molar-refractivity contribution is 5.64. The van der Waals surface area contributed by atoms with Crippen LogP contribution in [0.2, 0.25) is 0 Å². The normalized spacial score (nSPS) is 10.0. The lowest BCUT2D eigenvalue weighted by molar-refractivity contribution is 0.203. The van der Waals surface area contributed by atoms with Gasteiger partial charge in [-0.05, 0) is 18.6 Å². The Bertz CT molecular complexity index is 399. The van der Waals surface area contributed by atoms with E-state index in [-0.39, 0.29) is 6.61 Å². The zero-order valence-electron chi connectivity index (χ0n) is 10.3. The number of aliphatic hydroxyl groups excluding tert-OH is 1. The number of hydrogen-bond donors (Lipinski definition) is 1. The lowest BCUT2D eigenvalue weighted by Gasteiger charge is -2.26. The molecule has 4 nitrogen and oxygen atoms in total. The Morgan fingerprint density at radius 2 is 2.18 bits per heavy atom. The summed E-state index contributed by atoms with van der Waals surface area (Å²) in [4.78, 5) is 1.98. The molecule has 4 heteroatoms. The van der Waals surface area contributed by atoms with E-state index in [1.54, 1.807) is 13.2 Å². The maximum atomic E-state index is 9.11. The van der Waals surface area contributed by atoms with Crippen molar-refractivity contribution in [2.24, 2.45) is 0 Å². The number of anilines is 1. The van der Waals surface area contributed by atoms with Crippen LogP contribution >= 0.6 is 0 Å². The summed E-state index contributed by atoms with van der Waals surface area (Å²) >= 11 is 0. The molecule has 0 heterocycles. The lowest BCUT2D eigenvalue weighted by Crippen LogP contribution is -2.31. The van der Waals surface area contributed by atoms with E-state index in [0.717, 1.165) is 11.3 Å². The number of aryl methyl sites for hydroxylation is 1. The van der Waals surface area contributed by atoms with Gasteiger partial charge < -0.3 is 14.7 Å². The van der Waals surface area contributed by atoms with Gasteiger partial charge >= 0.3 is 0 Å². The molecule has 0 unspecified atom stereocenters. The molecule has 0 radical (unpaired) electrons. The van der Waals surface area contributed by atoms with Crippen molar-refractivity contribution < 1.29 is 9.84 Å². The van der Waals surface area contributed by atoms with E-state index >= 15 is 0 Å². The largest absolute Gasteiger partial charge is 0.395 e. The molecule has 0 aliphatic carbocycles. The Hall–Kier alpha value is -1.57. The molecule has 1 aromatic carbocycles. The van der Waals surface area contributed by atoms with E-state index < -0.39 is 0 Å². The summed E-state index contributed by atoms with van der Waals surface area (Å²) in [5, 5.41) is 18.2. The van der Waals surface area contributed by atoms with E-state index in [4.69, 9.17) is 15.1 Å². The van der Waals surface area contributed by atoms with Gasteiger partial charge in [-0.3, -0.25) is 0 Å². The van der Waals surface area contributed by atoms with Gasteiger partial charge in [0.05, 0.1) is 24.5 Å². The molecule has 0 saturated heterocycles. The van der Waals surface area contributed by atoms with Gasteiger partial charge in [-0.2, -0.15) is 5.26 Å². The molecule has 0 aliphatic heterocycles. The second-order valence-corrected chi connectivity index (χ2v) is 3.79. The van der Waals surface area contributed by atoms with E-state index in [2.05, 4.69) is 6.07 Å². The zero-order chi connectivity index (χ0) is 12.7. The fourth-order valence-corrected chi connectivity index (χ4v) is 1.83. The summed E-state index contributed by atoms with van der Waals surface area (Å²) in [7, 11) is 1.64. The first-order valence-corrected chi connectivity index (χ1v) is 5.59. The first-order chi connectivity index (χ1) is 8.24. The van der Waals surface area contributed by atoms with Crippen LogP contribution in [0.25, 0.3) is 0 Å². The SMILES string of the molecule is COCCN(CCO)c1c(C)cccc1C#N. The molecule has 17 heavy (non-hydrogen) atoms. The maximum absolute atomic E-state index is 9.11. The molecule has 0 amide bonds. The van der Waals surface area contributed by atoms with Crippen LogP contribution < -0.4 is 4.90 Å². The average Bonchev–Trinajstić information content (AvgIpc) is 2.34. The van der Waals surface area contributed by atoms with Crippen LogP contribution in [-0.2, 0) is 4.74 Å². The predicted molar refractivity (Wildman–Crippen MR) is 67.1 cm³/mol. The van der Waals surface area contributed by atoms with Crippen molar-refractivity contribution in [3.63, 3.8) is 0 Å². The molecule has 1 N–H and O–H groups in total. The Kier molecular flexibility index (Phi) is 5.47. The number of para-hydroxylation sites is 1. The van der Waals surface area contributed by atoms with Gasteiger partial charge in [0.15, 0.2) is 0 Å². The minimum atomic E-state index is 0.0584. The number of aliphatic hydroxyl groups is 1. The van der Waals surface area contributed by atoms with Crippen LogP contribution in [0.3, 0.4) is 0 Å². The van der Waals surface area contributed by atoms with Crippen LogP contribution in [-0.4, -0.2) is 38.5 Å². The van der Waals surface area contributed by atoms with Gasteiger partial charge in [0.2, 0.25) is 0 Å². The molecule has 92 valence electrons.